The molecule has 0 aromatic heterocycles. The molecule has 0 saturated carbocycles. The largest absolute Gasteiger partial charge is 0.462 e. The van der Waals surface area contributed by atoms with Gasteiger partial charge in [-0.25, -0.2) is 4.79 Å². The Kier molecular flexibility index (Phi) is 7.80. The Morgan fingerprint density at radius 3 is 2.17 bits per heavy atom. The molecule has 23 heavy (non-hydrogen) atoms. The highest BCUT2D eigenvalue weighted by Gasteiger charge is 2.11. The van der Waals surface area contributed by atoms with Crippen molar-refractivity contribution in [2.75, 3.05) is 13.2 Å². The summed E-state index contributed by atoms with van der Waals surface area (Å²) in [6.45, 7) is 5.35. The molecule has 0 N–H and O–H groups in total. The molecule has 0 bridgehead atoms. The van der Waals surface area contributed by atoms with Gasteiger partial charge in [-0.3, -0.25) is 9.59 Å². The van der Waals surface area contributed by atoms with Gasteiger partial charge in [-0.1, -0.05) is 20.8 Å². The van der Waals surface area contributed by atoms with Crippen molar-refractivity contribution in [3.05, 3.63) is 29.8 Å². The number of hydrogen-bond acceptors (Lipinski definition) is 6. The molecular formula is C17H22O6. The van der Waals surface area contributed by atoms with Crippen LogP contribution in [0.3, 0.4) is 0 Å². The van der Waals surface area contributed by atoms with E-state index in [1.54, 1.807) is 13.8 Å². The summed E-state index contributed by atoms with van der Waals surface area (Å²) in [5.41, 5.74) is 0.329. The first-order valence-corrected chi connectivity index (χ1v) is 7.58. The van der Waals surface area contributed by atoms with E-state index in [2.05, 4.69) is 0 Å². The molecule has 6 nitrogen and oxygen atoms in total. The van der Waals surface area contributed by atoms with Gasteiger partial charge in [0.1, 0.15) is 19.0 Å². The van der Waals surface area contributed by atoms with Gasteiger partial charge in [0, 0.05) is 6.42 Å². The van der Waals surface area contributed by atoms with Crippen molar-refractivity contribution < 1.29 is 28.6 Å². The van der Waals surface area contributed by atoms with Crippen LogP contribution >= 0.6 is 0 Å². The zero-order chi connectivity index (χ0) is 17.2. The van der Waals surface area contributed by atoms with Crippen LogP contribution in [-0.2, 0) is 19.1 Å². The fourth-order valence-corrected chi connectivity index (χ4v) is 1.57. The number of benzene rings is 1. The monoisotopic (exact) mass is 322 g/mol. The summed E-state index contributed by atoms with van der Waals surface area (Å²) in [5, 5.41) is 0. The first-order valence-electron chi connectivity index (χ1n) is 7.58. The Morgan fingerprint density at radius 2 is 1.61 bits per heavy atom. The number of ether oxygens (including phenoxy) is 3. The fourth-order valence-electron chi connectivity index (χ4n) is 1.57. The molecule has 0 atom stereocenters. The molecule has 1 aromatic carbocycles. The van der Waals surface area contributed by atoms with Crippen LogP contribution in [0.2, 0.25) is 0 Å². The maximum absolute atomic E-state index is 11.8. The molecule has 126 valence electrons. The summed E-state index contributed by atoms with van der Waals surface area (Å²) in [7, 11) is 0. The van der Waals surface area contributed by atoms with E-state index in [1.165, 1.54) is 24.3 Å². The van der Waals surface area contributed by atoms with Gasteiger partial charge in [0.2, 0.25) is 0 Å². The van der Waals surface area contributed by atoms with Gasteiger partial charge in [-0.05, 0) is 30.7 Å². The second kappa shape index (κ2) is 9.61. The summed E-state index contributed by atoms with van der Waals surface area (Å²) in [4.78, 5) is 34.4. The summed E-state index contributed by atoms with van der Waals surface area (Å²) in [6, 6.07) is 6.08. The maximum atomic E-state index is 11.8. The van der Waals surface area contributed by atoms with Crippen molar-refractivity contribution in [2.45, 2.75) is 33.6 Å². The fraction of sp³-hybridized carbons (Fsp3) is 0.471. The predicted octanol–water partition coefficient (Wildman–Crippen LogP) is 2.75. The average Bonchev–Trinajstić information content (AvgIpc) is 2.51. The third kappa shape index (κ3) is 6.95. The molecule has 0 radical (unpaired) electrons. The van der Waals surface area contributed by atoms with Gasteiger partial charge in [0.25, 0.3) is 0 Å². The Balaban J connectivity index is 2.39. The van der Waals surface area contributed by atoms with E-state index in [4.69, 9.17) is 14.2 Å². The highest BCUT2D eigenvalue weighted by Crippen LogP contribution is 2.14. The Hall–Kier alpha value is -2.37. The minimum Gasteiger partial charge on any atom is -0.462 e. The van der Waals surface area contributed by atoms with Gasteiger partial charge in [-0.2, -0.15) is 0 Å². The number of esters is 3. The van der Waals surface area contributed by atoms with E-state index in [0.717, 1.165) is 0 Å². The Morgan fingerprint density at radius 1 is 1.00 bits per heavy atom. The summed E-state index contributed by atoms with van der Waals surface area (Å²) < 4.78 is 15.0. The summed E-state index contributed by atoms with van der Waals surface area (Å²) in [5.74, 6) is -1.01. The van der Waals surface area contributed by atoms with Crippen LogP contribution in [0.15, 0.2) is 24.3 Å². The molecule has 6 heteroatoms. The topological polar surface area (TPSA) is 78.9 Å². The quantitative estimate of drug-likeness (QED) is 0.416. The molecule has 0 amide bonds. The van der Waals surface area contributed by atoms with Crippen molar-refractivity contribution in [1.82, 2.24) is 0 Å². The molecule has 0 aliphatic rings. The lowest BCUT2D eigenvalue weighted by Crippen LogP contribution is -2.17. The first kappa shape index (κ1) is 18.7. The van der Waals surface area contributed by atoms with Crippen LogP contribution in [0.4, 0.5) is 0 Å². The van der Waals surface area contributed by atoms with Crippen molar-refractivity contribution >= 4 is 17.9 Å². The molecule has 0 spiro atoms. The molecule has 0 unspecified atom stereocenters. The Labute approximate surface area is 135 Å². The zero-order valence-electron chi connectivity index (χ0n) is 13.7. The summed E-state index contributed by atoms with van der Waals surface area (Å²) in [6.07, 6.45) is 1.06. The molecular weight excluding hydrogens is 300 g/mol. The van der Waals surface area contributed by atoms with E-state index < -0.39 is 5.97 Å². The molecule has 0 heterocycles. The van der Waals surface area contributed by atoms with E-state index in [1.807, 2.05) is 6.92 Å². The van der Waals surface area contributed by atoms with Gasteiger partial charge in [0.05, 0.1) is 11.5 Å². The van der Waals surface area contributed by atoms with E-state index in [9.17, 15) is 14.4 Å². The number of rotatable bonds is 8. The molecule has 1 aromatic rings. The number of hydrogen-bond donors (Lipinski definition) is 0. The standard InChI is InChI=1S/C17H22O6/c1-4-5-15(18)23-14-8-6-13(7-9-14)17(20)22-11-10-21-16(19)12(2)3/h6-9,12H,4-5,10-11H2,1-3H3. The van der Waals surface area contributed by atoms with Crippen molar-refractivity contribution in [2.24, 2.45) is 5.92 Å². The van der Waals surface area contributed by atoms with Crippen molar-refractivity contribution in [1.29, 1.82) is 0 Å². The average molecular weight is 322 g/mol. The van der Waals surface area contributed by atoms with Crippen LogP contribution < -0.4 is 4.74 Å². The van der Waals surface area contributed by atoms with E-state index in [-0.39, 0.29) is 31.1 Å². The second-order valence-electron chi connectivity index (χ2n) is 5.21. The minimum atomic E-state index is -0.531. The van der Waals surface area contributed by atoms with Crippen LogP contribution in [0.25, 0.3) is 0 Å². The molecule has 0 aliphatic heterocycles. The lowest BCUT2D eigenvalue weighted by Gasteiger charge is -2.08. The van der Waals surface area contributed by atoms with Gasteiger partial charge < -0.3 is 14.2 Å². The lowest BCUT2D eigenvalue weighted by molar-refractivity contribution is -0.148. The van der Waals surface area contributed by atoms with Crippen LogP contribution in [0, 0.1) is 5.92 Å². The maximum Gasteiger partial charge on any atom is 0.338 e. The molecule has 0 saturated heterocycles. The Bertz CT molecular complexity index is 533. The summed E-state index contributed by atoms with van der Waals surface area (Å²) >= 11 is 0. The SMILES string of the molecule is CCCC(=O)Oc1ccc(C(=O)OCCOC(=O)C(C)C)cc1. The van der Waals surface area contributed by atoms with Crippen LogP contribution in [0.5, 0.6) is 5.75 Å². The van der Waals surface area contributed by atoms with Crippen molar-refractivity contribution in [3.8, 4) is 5.75 Å². The predicted molar refractivity (Wildman–Crippen MR) is 83.1 cm³/mol. The van der Waals surface area contributed by atoms with Gasteiger partial charge >= 0.3 is 17.9 Å². The number of carbonyl (C=O) groups excluding carboxylic acids is 3. The third-order valence-electron chi connectivity index (χ3n) is 2.81. The first-order chi connectivity index (χ1) is 10.9. The second-order valence-corrected chi connectivity index (χ2v) is 5.21. The van der Waals surface area contributed by atoms with Crippen LogP contribution in [-0.4, -0.2) is 31.1 Å². The normalized spacial score (nSPS) is 10.3. The highest BCUT2D eigenvalue weighted by atomic mass is 16.6. The highest BCUT2D eigenvalue weighted by molar-refractivity contribution is 5.89. The number of carbonyl (C=O) groups is 3. The van der Waals surface area contributed by atoms with Crippen LogP contribution in [0.1, 0.15) is 44.0 Å². The lowest BCUT2D eigenvalue weighted by atomic mass is 10.2. The third-order valence-corrected chi connectivity index (χ3v) is 2.81. The van der Waals surface area contributed by atoms with E-state index >= 15 is 0 Å². The van der Waals surface area contributed by atoms with Gasteiger partial charge in [0.15, 0.2) is 0 Å². The van der Waals surface area contributed by atoms with Crippen molar-refractivity contribution in [3.63, 3.8) is 0 Å². The smallest absolute Gasteiger partial charge is 0.338 e. The molecule has 1 rings (SSSR count). The molecule has 0 fully saturated rings. The van der Waals surface area contributed by atoms with Gasteiger partial charge in [-0.15, -0.1) is 0 Å². The minimum absolute atomic E-state index is 0.00939. The zero-order valence-corrected chi connectivity index (χ0v) is 13.7. The van der Waals surface area contributed by atoms with E-state index in [0.29, 0.717) is 24.2 Å². The molecule has 0 aliphatic carbocycles.